The van der Waals surface area contributed by atoms with Gasteiger partial charge in [-0.3, -0.25) is 10.0 Å². The van der Waals surface area contributed by atoms with E-state index in [1.165, 1.54) is 31.4 Å². The van der Waals surface area contributed by atoms with Gasteiger partial charge >= 0.3 is 5.97 Å². The molecule has 182 valence electrons. The number of piperidine rings is 1. The first-order valence-corrected chi connectivity index (χ1v) is 12.6. The third-order valence-electron chi connectivity index (χ3n) is 7.06. The van der Waals surface area contributed by atoms with Crippen LogP contribution in [0.1, 0.15) is 42.5 Å². The molecule has 2 fully saturated rings. The molecule has 10 heteroatoms. The zero-order chi connectivity index (χ0) is 24.4. The highest BCUT2D eigenvalue weighted by Gasteiger charge is 2.60. The third kappa shape index (κ3) is 4.28. The summed E-state index contributed by atoms with van der Waals surface area (Å²) in [4.78, 5) is 24.3. The van der Waals surface area contributed by atoms with Gasteiger partial charge in [-0.2, -0.15) is 0 Å². The standard InChI is InChI=1S/C24H28N2O7S/c1-32-21(27)17-2-4-18(5-3-17)33-19-6-8-20(9-7-19)34(30,31)24(22(28)26-29)11-10-23(16-24)12-14-25-15-13-23/h2-9,25,29H,10-16H2,1H3,(H,26,28). The topological polar surface area (TPSA) is 131 Å². The molecule has 2 aromatic rings. The van der Waals surface area contributed by atoms with Gasteiger partial charge in [-0.15, -0.1) is 0 Å². The second-order valence-corrected chi connectivity index (χ2v) is 11.2. The van der Waals surface area contributed by atoms with E-state index in [9.17, 15) is 23.2 Å². The van der Waals surface area contributed by atoms with Gasteiger partial charge in [0.1, 0.15) is 11.5 Å². The van der Waals surface area contributed by atoms with E-state index in [4.69, 9.17) is 4.74 Å². The van der Waals surface area contributed by atoms with Crippen LogP contribution in [0.5, 0.6) is 11.5 Å². The highest BCUT2D eigenvalue weighted by Crippen LogP contribution is 2.54. The maximum Gasteiger partial charge on any atom is 0.337 e. The number of hydrogen-bond acceptors (Lipinski definition) is 8. The van der Waals surface area contributed by atoms with Crippen molar-refractivity contribution in [3.63, 3.8) is 0 Å². The fourth-order valence-electron chi connectivity index (χ4n) is 5.11. The molecule has 9 nitrogen and oxygen atoms in total. The number of esters is 1. The SMILES string of the molecule is COC(=O)c1ccc(Oc2ccc(S(=O)(=O)C3(C(=O)NO)CCC4(CCNCC4)C3)cc2)cc1. The number of rotatable bonds is 6. The van der Waals surface area contributed by atoms with Gasteiger partial charge in [0, 0.05) is 0 Å². The zero-order valence-electron chi connectivity index (χ0n) is 18.9. The Morgan fingerprint density at radius 2 is 1.53 bits per heavy atom. The van der Waals surface area contributed by atoms with Gasteiger partial charge in [-0.05, 0) is 99.1 Å². The molecule has 1 unspecified atom stereocenters. The Kier molecular flexibility index (Phi) is 6.66. The number of nitrogens with one attached hydrogen (secondary N) is 2. The van der Waals surface area contributed by atoms with E-state index < -0.39 is 26.5 Å². The highest BCUT2D eigenvalue weighted by molar-refractivity contribution is 7.93. The monoisotopic (exact) mass is 488 g/mol. The first-order valence-electron chi connectivity index (χ1n) is 11.1. The molecule has 1 atom stereocenters. The van der Waals surface area contributed by atoms with Crippen molar-refractivity contribution in [3.05, 3.63) is 54.1 Å². The minimum absolute atomic E-state index is 0.00419. The van der Waals surface area contributed by atoms with Crippen LogP contribution >= 0.6 is 0 Å². The van der Waals surface area contributed by atoms with Gasteiger partial charge in [-0.25, -0.2) is 18.7 Å². The third-order valence-corrected chi connectivity index (χ3v) is 9.51. The quantitative estimate of drug-likeness (QED) is 0.321. The van der Waals surface area contributed by atoms with Crippen molar-refractivity contribution < 1.29 is 32.7 Å². The van der Waals surface area contributed by atoms with Crippen LogP contribution in [-0.2, 0) is 19.4 Å². The smallest absolute Gasteiger partial charge is 0.337 e. The summed E-state index contributed by atoms with van der Waals surface area (Å²) in [6.45, 7) is 1.56. The molecule has 1 aliphatic carbocycles. The van der Waals surface area contributed by atoms with Crippen LogP contribution < -0.4 is 15.5 Å². The number of sulfone groups is 1. The Labute approximate surface area is 198 Å². The van der Waals surface area contributed by atoms with E-state index in [1.807, 2.05) is 0 Å². The summed E-state index contributed by atoms with van der Waals surface area (Å²) >= 11 is 0. The van der Waals surface area contributed by atoms with Crippen LogP contribution in [0.2, 0.25) is 0 Å². The highest BCUT2D eigenvalue weighted by atomic mass is 32.2. The molecule has 1 heterocycles. The van der Waals surface area contributed by atoms with Crippen molar-refractivity contribution in [2.24, 2.45) is 5.41 Å². The number of carbonyl (C=O) groups is 2. The van der Waals surface area contributed by atoms with Crippen molar-refractivity contribution in [2.75, 3.05) is 20.2 Å². The maximum absolute atomic E-state index is 13.7. The summed E-state index contributed by atoms with van der Waals surface area (Å²) < 4.78 is 36.1. The molecule has 4 rings (SSSR count). The molecule has 1 saturated heterocycles. The molecular weight excluding hydrogens is 460 g/mol. The number of methoxy groups -OCH3 is 1. The minimum atomic E-state index is -4.09. The van der Waals surface area contributed by atoms with Crippen LogP contribution in [0.4, 0.5) is 0 Å². The summed E-state index contributed by atoms with van der Waals surface area (Å²) in [6.07, 6.45) is 2.55. The molecule has 0 bridgehead atoms. The molecule has 3 N–H and O–H groups in total. The Hall–Kier alpha value is -2.95. The summed E-state index contributed by atoms with van der Waals surface area (Å²) in [5, 5.41) is 12.7. The van der Waals surface area contributed by atoms with Gasteiger partial charge in [-0.1, -0.05) is 0 Å². The Morgan fingerprint density at radius 1 is 0.941 bits per heavy atom. The van der Waals surface area contributed by atoms with Crippen molar-refractivity contribution in [2.45, 2.75) is 41.7 Å². The number of carbonyl (C=O) groups excluding carboxylic acids is 2. The van der Waals surface area contributed by atoms with Gasteiger partial charge in [0.05, 0.1) is 17.6 Å². The number of hydrogen-bond donors (Lipinski definition) is 3. The predicted molar refractivity (Wildman–Crippen MR) is 123 cm³/mol. The fraction of sp³-hybridized carbons (Fsp3) is 0.417. The zero-order valence-corrected chi connectivity index (χ0v) is 19.7. The lowest BCUT2D eigenvalue weighted by Gasteiger charge is -2.36. The first-order chi connectivity index (χ1) is 16.2. The molecule has 2 aromatic carbocycles. The normalized spacial score (nSPS) is 21.7. The van der Waals surface area contributed by atoms with E-state index >= 15 is 0 Å². The van der Waals surface area contributed by atoms with Crippen LogP contribution in [0, 0.1) is 5.41 Å². The first kappa shape index (κ1) is 24.2. The number of ether oxygens (including phenoxy) is 2. The van der Waals surface area contributed by atoms with Crippen LogP contribution in [0.25, 0.3) is 0 Å². The van der Waals surface area contributed by atoms with Crippen molar-refractivity contribution in [3.8, 4) is 11.5 Å². The van der Waals surface area contributed by atoms with Crippen molar-refractivity contribution >= 4 is 21.7 Å². The summed E-state index contributed by atoms with van der Waals surface area (Å²) in [5.74, 6) is -0.483. The van der Waals surface area contributed by atoms with Gasteiger partial charge in [0.2, 0.25) is 0 Å². The average Bonchev–Trinajstić information content (AvgIpc) is 3.24. The lowest BCUT2D eigenvalue weighted by Crippen LogP contribution is -2.51. The molecule has 1 amide bonds. The number of hydroxylamine groups is 1. The van der Waals surface area contributed by atoms with Crippen LogP contribution in [0.15, 0.2) is 53.4 Å². The summed E-state index contributed by atoms with van der Waals surface area (Å²) in [7, 11) is -2.79. The van der Waals surface area contributed by atoms with E-state index in [2.05, 4.69) is 10.1 Å². The number of amides is 1. The predicted octanol–water partition coefficient (Wildman–Crippen LogP) is 2.84. The lowest BCUT2D eigenvalue weighted by molar-refractivity contribution is -0.132. The second kappa shape index (κ2) is 9.36. The van der Waals surface area contributed by atoms with E-state index in [-0.39, 0.29) is 23.2 Å². The van der Waals surface area contributed by atoms with Crippen molar-refractivity contribution in [1.82, 2.24) is 10.8 Å². The van der Waals surface area contributed by atoms with Gasteiger partial charge in [0.25, 0.3) is 5.91 Å². The molecule has 1 saturated carbocycles. The summed E-state index contributed by atoms with van der Waals surface area (Å²) in [5.41, 5.74) is 1.76. The number of benzene rings is 2. The van der Waals surface area contributed by atoms with Crippen molar-refractivity contribution in [1.29, 1.82) is 0 Å². The Morgan fingerprint density at radius 3 is 2.09 bits per heavy atom. The Balaban J connectivity index is 1.56. The van der Waals surface area contributed by atoms with E-state index in [1.54, 1.807) is 29.7 Å². The lowest BCUT2D eigenvalue weighted by atomic mass is 9.77. The minimum Gasteiger partial charge on any atom is -0.465 e. The fourth-order valence-corrected chi connectivity index (χ4v) is 7.21. The summed E-state index contributed by atoms with van der Waals surface area (Å²) in [6, 6.07) is 12.2. The largest absolute Gasteiger partial charge is 0.465 e. The van der Waals surface area contributed by atoms with E-state index in [0.29, 0.717) is 23.5 Å². The molecule has 34 heavy (non-hydrogen) atoms. The second-order valence-electron chi connectivity index (χ2n) is 8.95. The van der Waals surface area contributed by atoms with Crippen LogP contribution in [0.3, 0.4) is 0 Å². The average molecular weight is 489 g/mol. The molecule has 2 aliphatic rings. The molecular formula is C24H28N2O7S. The van der Waals surface area contributed by atoms with E-state index in [0.717, 1.165) is 25.9 Å². The van der Waals surface area contributed by atoms with Gasteiger partial charge < -0.3 is 14.8 Å². The molecule has 1 spiro atoms. The van der Waals surface area contributed by atoms with Crippen LogP contribution in [-0.4, -0.2) is 50.4 Å². The Bertz CT molecular complexity index is 1160. The molecule has 0 aromatic heterocycles. The molecule has 0 radical (unpaired) electrons. The maximum atomic E-state index is 13.7. The molecule has 1 aliphatic heterocycles. The van der Waals surface area contributed by atoms with Gasteiger partial charge in [0.15, 0.2) is 14.6 Å².